The van der Waals surface area contributed by atoms with Gasteiger partial charge in [0.15, 0.2) is 0 Å². The molecule has 0 fully saturated rings. The number of aliphatic imine (C=N–C) groups is 1. The van der Waals surface area contributed by atoms with Gasteiger partial charge in [0.1, 0.15) is 5.84 Å². The van der Waals surface area contributed by atoms with Crippen LogP contribution in [0.4, 0.5) is 0 Å². The molecule has 0 aromatic rings. The van der Waals surface area contributed by atoms with E-state index in [9.17, 15) is 0 Å². The van der Waals surface area contributed by atoms with Crippen molar-refractivity contribution >= 4 is 5.84 Å². The summed E-state index contributed by atoms with van der Waals surface area (Å²) in [5.41, 5.74) is 11.8. The Balaban J connectivity index is 2.60. The quantitative estimate of drug-likeness (QED) is 0.490. The van der Waals surface area contributed by atoms with Crippen molar-refractivity contribution < 1.29 is 0 Å². The summed E-state index contributed by atoms with van der Waals surface area (Å²) in [6.45, 7) is 1.79. The molecule has 0 saturated carbocycles. The maximum atomic E-state index is 5.64. The number of nitrogens with zero attached hydrogens (tertiary/aromatic N) is 1. The van der Waals surface area contributed by atoms with Crippen LogP contribution in [0.3, 0.4) is 0 Å². The van der Waals surface area contributed by atoms with Crippen LogP contribution < -0.4 is 11.5 Å². The molecule has 0 aliphatic heterocycles. The van der Waals surface area contributed by atoms with Crippen LogP contribution in [0.1, 0.15) is 13.3 Å². The Morgan fingerprint density at radius 3 is 2.77 bits per heavy atom. The average Bonchev–Trinajstić information content (AvgIpc) is 2.04. The molecular weight excluding hydrogens is 162 g/mol. The van der Waals surface area contributed by atoms with Gasteiger partial charge in [-0.3, -0.25) is 4.99 Å². The normalized spacial score (nSPS) is 23.6. The average molecular weight is 177 g/mol. The molecule has 1 atom stereocenters. The number of hydrogen-bond donors (Lipinski definition) is 2. The van der Waals surface area contributed by atoms with Gasteiger partial charge in [-0.1, -0.05) is 24.3 Å². The summed E-state index contributed by atoms with van der Waals surface area (Å²) in [6, 6.07) is 0.167. The molecule has 1 rings (SSSR count). The zero-order valence-corrected chi connectivity index (χ0v) is 7.77. The van der Waals surface area contributed by atoms with Gasteiger partial charge in [-0.25, -0.2) is 0 Å². The fourth-order valence-electron chi connectivity index (χ4n) is 1.13. The molecule has 0 heterocycles. The van der Waals surface area contributed by atoms with Crippen LogP contribution in [0.15, 0.2) is 41.1 Å². The second-order valence-electron chi connectivity index (χ2n) is 3.06. The molecule has 3 heteroatoms. The largest absolute Gasteiger partial charge is 0.402 e. The lowest BCUT2D eigenvalue weighted by molar-refractivity contribution is 0.826. The number of allylic oxidation sites excluding steroid dienone is 3. The van der Waals surface area contributed by atoms with Crippen LogP contribution >= 0.6 is 0 Å². The van der Waals surface area contributed by atoms with Crippen LogP contribution in [-0.4, -0.2) is 11.9 Å². The third-order valence-electron chi connectivity index (χ3n) is 1.65. The minimum Gasteiger partial charge on any atom is -0.402 e. The van der Waals surface area contributed by atoms with E-state index in [0.29, 0.717) is 11.5 Å². The monoisotopic (exact) mass is 177 g/mol. The second-order valence-corrected chi connectivity index (χ2v) is 3.06. The van der Waals surface area contributed by atoms with Crippen molar-refractivity contribution in [3.05, 3.63) is 36.1 Å². The number of hydrogen-bond acceptors (Lipinski definition) is 2. The highest BCUT2D eigenvalue weighted by molar-refractivity contribution is 5.92. The Kier molecular flexibility index (Phi) is 3.31. The lowest BCUT2D eigenvalue weighted by Crippen LogP contribution is -2.15. The number of amidine groups is 1. The molecule has 0 bridgehead atoms. The van der Waals surface area contributed by atoms with E-state index < -0.39 is 0 Å². The topological polar surface area (TPSA) is 64.4 Å². The summed E-state index contributed by atoms with van der Waals surface area (Å²) in [6.07, 6.45) is 10.7. The first-order chi connectivity index (χ1) is 6.18. The second kappa shape index (κ2) is 4.50. The van der Waals surface area contributed by atoms with E-state index in [4.69, 9.17) is 11.5 Å². The molecule has 4 N–H and O–H groups in total. The number of rotatable bonds is 2. The molecule has 70 valence electrons. The van der Waals surface area contributed by atoms with Gasteiger partial charge in [-0.05, 0) is 19.4 Å². The third kappa shape index (κ3) is 3.60. The summed E-state index contributed by atoms with van der Waals surface area (Å²) in [5.74, 6) is 0.491. The van der Waals surface area contributed by atoms with Crippen molar-refractivity contribution in [1.29, 1.82) is 0 Å². The van der Waals surface area contributed by atoms with E-state index >= 15 is 0 Å². The highest BCUT2D eigenvalue weighted by atomic mass is 14.9. The first-order valence-corrected chi connectivity index (χ1v) is 4.29. The Morgan fingerprint density at radius 1 is 1.46 bits per heavy atom. The van der Waals surface area contributed by atoms with Crippen LogP contribution in [0.5, 0.6) is 0 Å². The number of nitrogens with two attached hydrogens (primary N) is 2. The van der Waals surface area contributed by atoms with Crippen LogP contribution in [0.2, 0.25) is 0 Å². The summed E-state index contributed by atoms with van der Waals surface area (Å²) in [4.78, 5) is 4.28. The molecule has 0 saturated heterocycles. The molecule has 0 radical (unpaired) electrons. The standard InChI is InChI=1S/C10H15N3/c1-8(11)7-10(12)13-9-5-3-2-4-6-9/h2-5,7,9H,6,11H2,1H3,(H2,12,13). The van der Waals surface area contributed by atoms with E-state index in [0.717, 1.165) is 6.42 Å². The highest BCUT2D eigenvalue weighted by Crippen LogP contribution is 2.06. The van der Waals surface area contributed by atoms with Gasteiger partial charge in [-0.15, -0.1) is 0 Å². The van der Waals surface area contributed by atoms with Crippen molar-refractivity contribution in [3.63, 3.8) is 0 Å². The maximum Gasteiger partial charge on any atom is 0.120 e. The summed E-state index contributed by atoms with van der Waals surface area (Å²) in [7, 11) is 0. The minimum atomic E-state index is 0.167. The van der Waals surface area contributed by atoms with Gasteiger partial charge in [-0.2, -0.15) is 0 Å². The molecular formula is C10H15N3. The molecule has 1 aliphatic carbocycles. The highest BCUT2D eigenvalue weighted by Gasteiger charge is 2.01. The fourth-order valence-corrected chi connectivity index (χ4v) is 1.13. The van der Waals surface area contributed by atoms with Crippen molar-refractivity contribution in [2.45, 2.75) is 19.4 Å². The van der Waals surface area contributed by atoms with Crippen molar-refractivity contribution in [2.75, 3.05) is 0 Å². The lowest BCUT2D eigenvalue weighted by atomic mass is 10.1. The van der Waals surface area contributed by atoms with E-state index in [-0.39, 0.29) is 6.04 Å². The van der Waals surface area contributed by atoms with Crippen molar-refractivity contribution in [3.8, 4) is 0 Å². The van der Waals surface area contributed by atoms with Crippen molar-refractivity contribution in [1.82, 2.24) is 0 Å². The predicted octanol–water partition coefficient (Wildman–Crippen LogP) is 1.09. The summed E-state index contributed by atoms with van der Waals surface area (Å²) < 4.78 is 0. The molecule has 0 amide bonds. The van der Waals surface area contributed by atoms with E-state index in [2.05, 4.69) is 11.1 Å². The summed E-state index contributed by atoms with van der Waals surface area (Å²) in [5, 5.41) is 0. The van der Waals surface area contributed by atoms with Gasteiger partial charge in [0.2, 0.25) is 0 Å². The van der Waals surface area contributed by atoms with Gasteiger partial charge in [0.25, 0.3) is 0 Å². The summed E-state index contributed by atoms with van der Waals surface area (Å²) >= 11 is 0. The Labute approximate surface area is 78.5 Å². The molecule has 0 spiro atoms. The Morgan fingerprint density at radius 2 is 2.23 bits per heavy atom. The Bertz CT molecular complexity index is 281. The molecule has 0 aromatic carbocycles. The van der Waals surface area contributed by atoms with E-state index in [1.807, 2.05) is 18.2 Å². The molecule has 13 heavy (non-hydrogen) atoms. The van der Waals surface area contributed by atoms with Crippen LogP contribution in [0.25, 0.3) is 0 Å². The SMILES string of the molecule is CC(N)=CC(N)=NC1C=CC=CC1. The third-order valence-corrected chi connectivity index (χ3v) is 1.65. The first kappa shape index (κ1) is 9.58. The molecule has 0 aromatic heterocycles. The van der Waals surface area contributed by atoms with Crippen LogP contribution in [-0.2, 0) is 0 Å². The van der Waals surface area contributed by atoms with E-state index in [1.165, 1.54) is 0 Å². The van der Waals surface area contributed by atoms with Gasteiger partial charge < -0.3 is 11.5 Å². The smallest absolute Gasteiger partial charge is 0.120 e. The van der Waals surface area contributed by atoms with Gasteiger partial charge in [0, 0.05) is 5.70 Å². The molecule has 1 aliphatic rings. The lowest BCUT2D eigenvalue weighted by Gasteiger charge is -2.07. The fraction of sp³-hybridized carbons (Fsp3) is 0.300. The first-order valence-electron chi connectivity index (χ1n) is 4.29. The molecule has 3 nitrogen and oxygen atoms in total. The molecule has 1 unspecified atom stereocenters. The maximum absolute atomic E-state index is 5.64. The van der Waals surface area contributed by atoms with Gasteiger partial charge >= 0.3 is 0 Å². The van der Waals surface area contributed by atoms with E-state index in [1.54, 1.807) is 13.0 Å². The van der Waals surface area contributed by atoms with Crippen LogP contribution in [0, 0.1) is 0 Å². The minimum absolute atomic E-state index is 0.167. The predicted molar refractivity (Wildman–Crippen MR) is 56.3 cm³/mol. The Hall–Kier alpha value is -1.51. The van der Waals surface area contributed by atoms with Crippen molar-refractivity contribution in [2.24, 2.45) is 16.5 Å². The zero-order valence-electron chi connectivity index (χ0n) is 7.77. The zero-order chi connectivity index (χ0) is 9.68. The van der Waals surface area contributed by atoms with Gasteiger partial charge in [0.05, 0.1) is 6.04 Å².